The maximum Gasteiger partial charge on any atom is 0.328 e. The zero-order valence-electron chi connectivity index (χ0n) is 10.4. The van der Waals surface area contributed by atoms with Crippen molar-refractivity contribution in [2.75, 3.05) is 13.2 Å². The molecule has 0 aliphatic carbocycles. The Kier molecular flexibility index (Phi) is 5.53. The smallest absolute Gasteiger partial charge is 0.328 e. The van der Waals surface area contributed by atoms with E-state index in [0.717, 1.165) is 12.1 Å². The molecule has 1 rings (SSSR count). The second-order valence-electron chi connectivity index (χ2n) is 3.60. The number of ether oxygens (including phenoxy) is 1. The van der Waals surface area contributed by atoms with Crippen LogP contribution in [0.25, 0.3) is 6.08 Å². The van der Waals surface area contributed by atoms with Gasteiger partial charge in [0.25, 0.3) is 5.91 Å². The molecule has 0 saturated heterocycles. The Bertz CT molecular complexity index is 499. The van der Waals surface area contributed by atoms with Gasteiger partial charge in [-0.1, -0.05) is 0 Å². The second kappa shape index (κ2) is 7.15. The first-order valence-corrected chi connectivity index (χ1v) is 5.63. The predicted molar refractivity (Wildman–Crippen MR) is 67.2 cm³/mol. The number of carboxylic acids is 1. The average Bonchev–Trinajstić information content (AvgIpc) is 2.35. The molecule has 0 saturated carbocycles. The lowest BCUT2D eigenvalue weighted by atomic mass is 10.2. The summed E-state index contributed by atoms with van der Waals surface area (Å²) in [5, 5.41) is 11.1. The molecule has 6 heteroatoms. The van der Waals surface area contributed by atoms with E-state index in [9.17, 15) is 14.0 Å². The molecule has 1 aromatic carbocycles. The van der Waals surface area contributed by atoms with Gasteiger partial charge in [-0.05, 0) is 31.2 Å². The van der Waals surface area contributed by atoms with E-state index in [2.05, 4.69) is 5.32 Å². The fourth-order valence-electron chi connectivity index (χ4n) is 1.33. The number of halogens is 1. The van der Waals surface area contributed by atoms with E-state index in [0.29, 0.717) is 6.54 Å². The SMILES string of the molecule is CCNC(=O)COc1ccc(F)cc1/C=C/C(=O)O. The quantitative estimate of drug-likeness (QED) is 0.765. The third kappa shape index (κ3) is 5.20. The van der Waals surface area contributed by atoms with E-state index in [1.54, 1.807) is 6.92 Å². The van der Waals surface area contributed by atoms with E-state index in [4.69, 9.17) is 9.84 Å². The topological polar surface area (TPSA) is 75.6 Å². The Balaban J connectivity index is 2.81. The standard InChI is InChI=1S/C13H14FNO4/c1-2-15-12(16)8-19-11-5-4-10(14)7-9(11)3-6-13(17)18/h3-7H,2,8H2,1H3,(H,15,16)(H,17,18)/b6-3+. The minimum atomic E-state index is -1.15. The summed E-state index contributed by atoms with van der Waals surface area (Å²) >= 11 is 0. The second-order valence-corrected chi connectivity index (χ2v) is 3.60. The summed E-state index contributed by atoms with van der Waals surface area (Å²) in [6.07, 6.45) is 2.08. The van der Waals surface area contributed by atoms with Gasteiger partial charge in [0.05, 0.1) is 0 Å². The molecule has 0 fully saturated rings. The number of carbonyl (C=O) groups excluding carboxylic acids is 1. The number of hydrogen-bond acceptors (Lipinski definition) is 3. The number of nitrogens with one attached hydrogen (secondary N) is 1. The molecule has 2 N–H and O–H groups in total. The molecule has 0 atom stereocenters. The fourth-order valence-corrected chi connectivity index (χ4v) is 1.33. The third-order valence-electron chi connectivity index (χ3n) is 2.11. The summed E-state index contributed by atoms with van der Waals surface area (Å²) in [4.78, 5) is 21.7. The molecule has 5 nitrogen and oxygen atoms in total. The van der Waals surface area contributed by atoms with Crippen LogP contribution in [0, 0.1) is 5.82 Å². The van der Waals surface area contributed by atoms with Crippen molar-refractivity contribution in [3.8, 4) is 5.75 Å². The van der Waals surface area contributed by atoms with Gasteiger partial charge in [-0.25, -0.2) is 9.18 Å². The van der Waals surface area contributed by atoms with Crippen LogP contribution in [0.3, 0.4) is 0 Å². The molecule has 1 amide bonds. The zero-order chi connectivity index (χ0) is 14.3. The van der Waals surface area contributed by atoms with E-state index in [1.165, 1.54) is 18.2 Å². The molecular weight excluding hydrogens is 253 g/mol. The monoisotopic (exact) mass is 267 g/mol. The Morgan fingerprint density at radius 2 is 2.21 bits per heavy atom. The summed E-state index contributed by atoms with van der Waals surface area (Å²) in [5.74, 6) is -1.74. The Labute approximate surface area is 109 Å². The van der Waals surface area contributed by atoms with Crippen LogP contribution in [-0.4, -0.2) is 30.1 Å². The highest BCUT2D eigenvalue weighted by Gasteiger charge is 2.06. The molecule has 0 radical (unpaired) electrons. The normalized spacial score (nSPS) is 10.4. The summed E-state index contributed by atoms with van der Waals surface area (Å²) in [7, 11) is 0. The van der Waals surface area contributed by atoms with Crippen molar-refractivity contribution in [1.82, 2.24) is 5.32 Å². The van der Waals surface area contributed by atoms with Gasteiger partial charge in [-0.3, -0.25) is 4.79 Å². The van der Waals surface area contributed by atoms with Crippen molar-refractivity contribution < 1.29 is 23.8 Å². The number of carbonyl (C=O) groups is 2. The maximum atomic E-state index is 13.1. The molecular formula is C13H14FNO4. The van der Waals surface area contributed by atoms with Crippen LogP contribution in [0.1, 0.15) is 12.5 Å². The Morgan fingerprint density at radius 1 is 1.47 bits per heavy atom. The highest BCUT2D eigenvalue weighted by atomic mass is 19.1. The summed E-state index contributed by atoms with van der Waals surface area (Å²) in [6.45, 7) is 2.04. The highest BCUT2D eigenvalue weighted by molar-refractivity contribution is 5.86. The Morgan fingerprint density at radius 3 is 2.84 bits per heavy atom. The lowest BCUT2D eigenvalue weighted by Crippen LogP contribution is -2.28. The van der Waals surface area contributed by atoms with Gasteiger partial charge in [0.2, 0.25) is 0 Å². The van der Waals surface area contributed by atoms with Crippen molar-refractivity contribution in [1.29, 1.82) is 0 Å². The van der Waals surface area contributed by atoms with Gasteiger partial charge in [0.1, 0.15) is 11.6 Å². The van der Waals surface area contributed by atoms with Crippen LogP contribution >= 0.6 is 0 Å². The minimum Gasteiger partial charge on any atom is -0.483 e. The number of benzene rings is 1. The maximum absolute atomic E-state index is 13.1. The summed E-state index contributed by atoms with van der Waals surface area (Å²) in [5.41, 5.74) is 0.256. The largest absolute Gasteiger partial charge is 0.483 e. The van der Waals surface area contributed by atoms with E-state index < -0.39 is 11.8 Å². The molecule has 0 aromatic heterocycles. The molecule has 0 aliphatic rings. The third-order valence-corrected chi connectivity index (χ3v) is 2.11. The van der Waals surface area contributed by atoms with Crippen LogP contribution in [0.5, 0.6) is 5.75 Å². The molecule has 1 aromatic rings. The summed E-state index contributed by atoms with van der Waals surface area (Å²) in [6, 6.07) is 3.65. The molecule has 0 unspecified atom stereocenters. The van der Waals surface area contributed by atoms with E-state index in [1.807, 2.05) is 0 Å². The first-order valence-electron chi connectivity index (χ1n) is 5.63. The number of likely N-dealkylation sites (N-methyl/N-ethyl adjacent to an activating group) is 1. The zero-order valence-corrected chi connectivity index (χ0v) is 10.4. The van der Waals surface area contributed by atoms with Crippen molar-refractivity contribution in [3.63, 3.8) is 0 Å². The van der Waals surface area contributed by atoms with Gasteiger partial charge in [-0.15, -0.1) is 0 Å². The summed E-state index contributed by atoms with van der Waals surface area (Å²) < 4.78 is 18.3. The van der Waals surface area contributed by atoms with Gasteiger partial charge in [-0.2, -0.15) is 0 Å². The molecule has 0 bridgehead atoms. The lowest BCUT2D eigenvalue weighted by Gasteiger charge is -2.09. The Hall–Kier alpha value is -2.37. The van der Waals surface area contributed by atoms with E-state index >= 15 is 0 Å². The molecule has 19 heavy (non-hydrogen) atoms. The number of aliphatic carboxylic acids is 1. The molecule has 0 heterocycles. The molecule has 102 valence electrons. The van der Waals surface area contributed by atoms with Crippen LogP contribution < -0.4 is 10.1 Å². The fraction of sp³-hybridized carbons (Fsp3) is 0.231. The number of amides is 1. The van der Waals surface area contributed by atoms with Gasteiger partial charge in [0.15, 0.2) is 6.61 Å². The van der Waals surface area contributed by atoms with Crippen LogP contribution in [0.2, 0.25) is 0 Å². The number of hydrogen-bond donors (Lipinski definition) is 2. The highest BCUT2D eigenvalue weighted by Crippen LogP contribution is 2.21. The lowest BCUT2D eigenvalue weighted by molar-refractivity contribution is -0.131. The van der Waals surface area contributed by atoms with Crippen LogP contribution in [-0.2, 0) is 9.59 Å². The van der Waals surface area contributed by atoms with Crippen molar-refractivity contribution in [2.45, 2.75) is 6.92 Å². The minimum absolute atomic E-state index is 0.215. The van der Waals surface area contributed by atoms with Crippen LogP contribution in [0.15, 0.2) is 24.3 Å². The molecule has 0 spiro atoms. The molecule has 0 aliphatic heterocycles. The van der Waals surface area contributed by atoms with Crippen molar-refractivity contribution in [3.05, 3.63) is 35.7 Å². The number of carboxylic acid groups (broad SMARTS) is 1. The number of rotatable bonds is 6. The van der Waals surface area contributed by atoms with Crippen molar-refractivity contribution in [2.24, 2.45) is 0 Å². The van der Waals surface area contributed by atoms with Crippen molar-refractivity contribution >= 4 is 18.0 Å². The van der Waals surface area contributed by atoms with Gasteiger partial charge >= 0.3 is 5.97 Å². The van der Waals surface area contributed by atoms with Gasteiger partial charge in [0, 0.05) is 18.2 Å². The first kappa shape index (κ1) is 14.7. The van der Waals surface area contributed by atoms with Crippen LogP contribution in [0.4, 0.5) is 4.39 Å². The first-order chi connectivity index (χ1) is 9.02. The predicted octanol–water partition coefficient (Wildman–Crippen LogP) is 1.44. The van der Waals surface area contributed by atoms with Gasteiger partial charge < -0.3 is 15.2 Å². The van der Waals surface area contributed by atoms with E-state index in [-0.39, 0.29) is 23.8 Å². The average molecular weight is 267 g/mol.